The van der Waals surface area contributed by atoms with E-state index in [1.807, 2.05) is 24.3 Å². The highest BCUT2D eigenvalue weighted by molar-refractivity contribution is 5.28. The number of benzene rings is 1. The zero-order chi connectivity index (χ0) is 13.2. The van der Waals surface area contributed by atoms with Gasteiger partial charge in [-0.25, -0.2) is 0 Å². The third kappa shape index (κ3) is 2.84. The van der Waals surface area contributed by atoms with E-state index in [2.05, 4.69) is 0 Å². The molecule has 0 radical (unpaired) electrons. The first-order valence-corrected chi connectivity index (χ1v) is 6.10. The molecule has 2 N–H and O–H groups in total. The maximum absolute atomic E-state index is 12.8. The zero-order valence-electron chi connectivity index (χ0n) is 10.1. The highest BCUT2D eigenvalue weighted by Gasteiger charge is 2.42. The Morgan fingerprint density at radius 2 is 1.61 bits per heavy atom. The van der Waals surface area contributed by atoms with Gasteiger partial charge in [0.05, 0.1) is 0 Å². The maximum atomic E-state index is 12.8. The minimum absolute atomic E-state index is 0.375. The van der Waals surface area contributed by atoms with Gasteiger partial charge in [-0.05, 0) is 24.0 Å². The predicted octanol–water partition coefficient (Wildman–Crippen LogP) is 1.98. The van der Waals surface area contributed by atoms with Crippen LogP contribution in [-0.4, -0.2) is 36.8 Å². The van der Waals surface area contributed by atoms with Crippen molar-refractivity contribution in [2.45, 2.75) is 25.1 Å². The van der Waals surface area contributed by atoms with E-state index < -0.39 is 12.2 Å². The molecule has 0 spiro atoms. The van der Waals surface area contributed by atoms with Crippen molar-refractivity contribution in [3.05, 3.63) is 35.4 Å². The Kier molecular flexibility index (Phi) is 3.92. The monoisotopic (exact) mass is 258 g/mol. The Labute approximate surface area is 105 Å². The highest BCUT2D eigenvalue weighted by atomic mass is 19.4. The van der Waals surface area contributed by atoms with Crippen LogP contribution >= 0.6 is 0 Å². The molecule has 1 unspecified atom stereocenters. The lowest BCUT2D eigenvalue weighted by atomic mass is 10.0. The Balaban J connectivity index is 2.12. The first-order valence-electron chi connectivity index (χ1n) is 6.10. The molecule has 1 aliphatic rings. The van der Waals surface area contributed by atoms with Gasteiger partial charge in [-0.15, -0.1) is 0 Å². The fraction of sp³-hybridized carbons (Fsp3) is 0.538. The second kappa shape index (κ2) is 5.28. The molecule has 0 amide bonds. The second-order valence-corrected chi connectivity index (χ2v) is 4.60. The van der Waals surface area contributed by atoms with Crippen molar-refractivity contribution < 1.29 is 13.2 Å². The molecular formula is C13H17F3N2. The average Bonchev–Trinajstić information content (AvgIpc) is 2.52. The van der Waals surface area contributed by atoms with E-state index >= 15 is 0 Å². The highest BCUT2D eigenvalue weighted by Crippen LogP contribution is 2.26. The molecule has 0 saturated carbocycles. The molecule has 0 bridgehead atoms. The van der Waals surface area contributed by atoms with Crippen LogP contribution in [0.15, 0.2) is 24.3 Å². The normalized spacial score (nSPS) is 19.1. The number of hydrogen-bond acceptors (Lipinski definition) is 2. The molecule has 0 aromatic heterocycles. The third-order valence-corrected chi connectivity index (χ3v) is 3.50. The summed E-state index contributed by atoms with van der Waals surface area (Å²) in [5, 5.41) is 0. The number of fused-ring (bicyclic) bond motifs is 1. The summed E-state index contributed by atoms with van der Waals surface area (Å²) in [6.45, 7) is 0.455. The SMILES string of the molecule is NCC(N1CCc2ccccc2CC1)C(F)(F)F. The van der Waals surface area contributed by atoms with Crippen LogP contribution in [0.1, 0.15) is 11.1 Å². The van der Waals surface area contributed by atoms with Gasteiger partial charge in [0, 0.05) is 19.6 Å². The van der Waals surface area contributed by atoms with Gasteiger partial charge in [0.2, 0.25) is 0 Å². The van der Waals surface area contributed by atoms with Gasteiger partial charge in [-0.1, -0.05) is 24.3 Å². The van der Waals surface area contributed by atoms with Gasteiger partial charge in [-0.2, -0.15) is 13.2 Å². The molecule has 1 heterocycles. The fourth-order valence-electron chi connectivity index (χ4n) is 2.49. The zero-order valence-corrected chi connectivity index (χ0v) is 10.1. The van der Waals surface area contributed by atoms with Crippen LogP contribution in [0.2, 0.25) is 0 Å². The van der Waals surface area contributed by atoms with Crippen molar-refractivity contribution in [1.82, 2.24) is 4.90 Å². The van der Waals surface area contributed by atoms with Crippen molar-refractivity contribution in [2.24, 2.45) is 5.73 Å². The number of halogens is 3. The minimum Gasteiger partial charge on any atom is -0.329 e. The number of nitrogens with two attached hydrogens (primary N) is 1. The van der Waals surface area contributed by atoms with E-state index in [1.54, 1.807) is 0 Å². The van der Waals surface area contributed by atoms with Gasteiger partial charge in [0.1, 0.15) is 6.04 Å². The number of rotatable bonds is 2. The molecule has 1 atom stereocenters. The lowest BCUT2D eigenvalue weighted by Gasteiger charge is -2.31. The maximum Gasteiger partial charge on any atom is 0.405 e. The van der Waals surface area contributed by atoms with Crippen molar-refractivity contribution in [2.75, 3.05) is 19.6 Å². The molecule has 1 aliphatic heterocycles. The molecular weight excluding hydrogens is 241 g/mol. The molecule has 2 rings (SSSR count). The lowest BCUT2D eigenvalue weighted by molar-refractivity contribution is -0.180. The standard InChI is InChI=1S/C13H17F3N2/c14-13(15,16)12(9-17)18-7-5-10-3-1-2-4-11(10)6-8-18/h1-4,12H,5-9,17H2. The van der Waals surface area contributed by atoms with E-state index in [0.717, 1.165) is 11.1 Å². The topological polar surface area (TPSA) is 29.3 Å². The van der Waals surface area contributed by atoms with Gasteiger partial charge >= 0.3 is 6.18 Å². The summed E-state index contributed by atoms with van der Waals surface area (Å²) in [6.07, 6.45) is -2.93. The Morgan fingerprint density at radius 3 is 2.00 bits per heavy atom. The lowest BCUT2D eigenvalue weighted by Crippen LogP contribution is -2.51. The second-order valence-electron chi connectivity index (χ2n) is 4.60. The average molecular weight is 258 g/mol. The molecule has 0 aliphatic carbocycles. The van der Waals surface area contributed by atoms with Crippen LogP contribution in [0, 0.1) is 0 Å². The van der Waals surface area contributed by atoms with Crippen LogP contribution < -0.4 is 5.73 Å². The van der Waals surface area contributed by atoms with Gasteiger partial charge in [0.25, 0.3) is 0 Å². The third-order valence-electron chi connectivity index (χ3n) is 3.50. The molecule has 100 valence electrons. The molecule has 1 aromatic rings. The van der Waals surface area contributed by atoms with Crippen LogP contribution in [0.5, 0.6) is 0 Å². The molecule has 0 saturated heterocycles. The van der Waals surface area contributed by atoms with Crippen molar-refractivity contribution in [3.63, 3.8) is 0 Å². The van der Waals surface area contributed by atoms with Gasteiger partial charge in [0.15, 0.2) is 0 Å². The summed E-state index contributed by atoms with van der Waals surface area (Å²) in [5.74, 6) is 0. The summed E-state index contributed by atoms with van der Waals surface area (Å²) < 4.78 is 38.5. The summed E-state index contributed by atoms with van der Waals surface area (Å²) in [7, 11) is 0. The Hall–Kier alpha value is -1.07. The van der Waals surface area contributed by atoms with Crippen LogP contribution in [0.4, 0.5) is 13.2 Å². The minimum atomic E-state index is -4.24. The van der Waals surface area contributed by atoms with Crippen molar-refractivity contribution in [3.8, 4) is 0 Å². The van der Waals surface area contributed by atoms with E-state index in [4.69, 9.17) is 5.73 Å². The smallest absolute Gasteiger partial charge is 0.329 e. The first kappa shape index (κ1) is 13.4. The summed E-state index contributed by atoms with van der Waals surface area (Å²) in [5.41, 5.74) is 7.59. The molecule has 0 fully saturated rings. The fourth-order valence-corrected chi connectivity index (χ4v) is 2.49. The first-order chi connectivity index (χ1) is 8.52. The van der Waals surface area contributed by atoms with Crippen molar-refractivity contribution >= 4 is 0 Å². The molecule has 18 heavy (non-hydrogen) atoms. The van der Waals surface area contributed by atoms with Gasteiger partial charge in [-0.3, -0.25) is 4.90 Å². The predicted molar refractivity (Wildman–Crippen MR) is 64.3 cm³/mol. The van der Waals surface area contributed by atoms with E-state index in [1.165, 1.54) is 4.90 Å². The van der Waals surface area contributed by atoms with E-state index in [-0.39, 0.29) is 6.54 Å². The summed E-state index contributed by atoms with van der Waals surface area (Å²) in [6, 6.07) is 6.32. The van der Waals surface area contributed by atoms with Crippen LogP contribution in [0.3, 0.4) is 0 Å². The summed E-state index contributed by atoms with van der Waals surface area (Å²) in [4.78, 5) is 1.46. The Bertz CT molecular complexity index is 376. The number of hydrogen-bond donors (Lipinski definition) is 1. The summed E-state index contributed by atoms with van der Waals surface area (Å²) >= 11 is 0. The molecule has 1 aromatic carbocycles. The van der Waals surface area contributed by atoms with Gasteiger partial charge < -0.3 is 5.73 Å². The quantitative estimate of drug-likeness (QED) is 0.879. The van der Waals surface area contributed by atoms with Crippen molar-refractivity contribution in [1.29, 1.82) is 0 Å². The van der Waals surface area contributed by atoms with E-state index in [0.29, 0.717) is 25.9 Å². The van der Waals surface area contributed by atoms with Crippen LogP contribution in [0.25, 0.3) is 0 Å². The number of nitrogens with zero attached hydrogens (tertiary/aromatic N) is 1. The molecule has 2 nitrogen and oxygen atoms in total. The molecule has 5 heteroatoms. The number of alkyl halides is 3. The van der Waals surface area contributed by atoms with Crippen LogP contribution in [-0.2, 0) is 12.8 Å². The largest absolute Gasteiger partial charge is 0.405 e. The van der Waals surface area contributed by atoms with E-state index in [9.17, 15) is 13.2 Å². The Morgan fingerprint density at radius 1 is 1.11 bits per heavy atom.